The van der Waals surface area contributed by atoms with E-state index in [9.17, 15) is 9.59 Å². The molecule has 8 nitrogen and oxygen atoms in total. The first-order valence-electron chi connectivity index (χ1n) is 8.81. The Morgan fingerprint density at radius 2 is 1.97 bits per heavy atom. The van der Waals surface area contributed by atoms with E-state index in [0.717, 1.165) is 10.0 Å². The highest BCUT2D eigenvalue weighted by molar-refractivity contribution is 9.10. The second-order valence-corrected chi connectivity index (χ2v) is 7.20. The lowest BCUT2D eigenvalue weighted by atomic mass is 10.0. The highest BCUT2D eigenvalue weighted by atomic mass is 79.9. The number of halogens is 1. The molecule has 0 saturated heterocycles. The molecule has 0 spiro atoms. The van der Waals surface area contributed by atoms with Crippen molar-refractivity contribution in [1.29, 1.82) is 0 Å². The average molecular weight is 458 g/mol. The molecule has 0 bridgehead atoms. The number of nitrogens with one attached hydrogen (secondary N) is 2. The van der Waals surface area contributed by atoms with E-state index in [1.165, 1.54) is 13.3 Å². The van der Waals surface area contributed by atoms with Crippen molar-refractivity contribution >= 4 is 33.4 Å². The molecule has 0 aliphatic rings. The van der Waals surface area contributed by atoms with Gasteiger partial charge in [-0.2, -0.15) is 5.10 Å². The van der Waals surface area contributed by atoms with Crippen LogP contribution in [0.1, 0.15) is 24.9 Å². The maximum atomic E-state index is 12.8. The number of ether oxygens (including phenoxy) is 1. The first kappa shape index (κ1) is 20.5. The third kappa shape index (κ3) is 5.41. The Balaban J connectivity index is 1.80. The van der Waals surface area contributed by atoms with Crippen molar-refractivity contribution in [3.8, 4) is 11.4 Å². The standard InChI is InChI=1S/C20H20BrN5O3/c1-13(27)24-17(14-3-6-16(29-2)7-4-14)10-20(28)25-18-9-15(21)5-8-19(18)26-12-22-11-23-26/h3-9,11-12,17H,10H2,1-2H3,(H,24,27)(H,25,28). The molecule has 9 heteroatoms. The van der Waals surface area contributed by atoms with Gasteiger partial charge in [0.2, 0.25) is 11.8 Å². The molecule has 150 valence electrons. The maximum absolute atomic E-state index is 12.8. The molecule has 1 aromatic heterocycles. The number of nitrogens with zero attached hydrogens (tertiary/aromatic N) is 3. The van der Waals surface area contributed by atoms with Gasteiger partial charge in [0.1, 0.15) is 18.4 Å². The van der Waals surface area contributed by atoms with Crippen LogP contribution in [0.3, 0.4) is 0 Å². The Hall–Kier alpha value is -3.20. The predicted octanol–water partition coefficient (Wildman–Crippen LogP) is 3.24. The van der Waals surface area contributed by atoms with Crippen LogP contribution in [0.2, 0.25) is 0 Å². The summed E-state index contributed by atoms with van der Waals surface area (Å²) in [5, 5.41) is 9.85. The van der Waals surface area contributed by atoms with E-state index in [1.54, 1.807) is 36.3 Å². The number of methoxy groups -OCH3 is 1. The largest absolute Gasteiger partial charge is 0.497 e. The van der Waals surface area contributed by atoms with Gasteiger partial charge in [-0.05, 0) is 35.9 Å². The van der Waals surface area contributed by atoms with Crippen molar-refractivity contribution in [2.75, 3.05) is 12.4 Å². The van der Waals surface area contributed by atoms with E-state index in [0.29, 0.717) is 17.1 Å². The third-order valence-corrected chi connectivity index (χ3v) is 4.68. The Bertz CT molecular complexity index is 990. The molecule has 1 unspecified atom stereocenters. The molecule has 3 aromatic rings. The van der Waals surface area contributed by atoms with E-state index >= 15 is 0 Å². The van der Waals surface area contributed by atoms with Gasteiger partial charge in [-0.25, -0.2) is 9.67 Å². The molecular weight excluding hydrogens is 438 g/mol. The van der Waals surface area contributed by atoms with Crippen LogP contribution in [0.4, 0.5) is 5.69 Å². The fourth-order valence-electron chi connectivity index (χ4n) is 2.86. The molecule has 0 aliphatic carbocycles. The average Bonchev–Trinajstić information content (AvgIpc) is 3.22. The normalized spacial score (nSPS) is 11.6. The van der Waals surface area contributed by atoms with Crippen LogP contribution in [0.25, 0.3) is 5.69 Å². The van der Waals surface area contributed by atoms with Gasteiger partial charge < -0.3 is 15.4 Å². The lowest BCUT2D eigenvalue weighted by Gasteiger charge is -2.19. The highest BCUT2D eigenvalue weighted by Crippen LogP contribution is 2.26. The molecule has 0 radical (unpaired) electrons. The van der Waals surface area contributed by atoms with Gasteiger partial charge in [-0.1, -0.05) is 28.1 Å². The van der Waals surface area contributed by atoms with E-state index in [-0.39, 0.29) is 18.2 Å². The summed E-state index contributed by atoms with van der Waals surface area (Å²) in [6, 6.07) is 12.2. The second kappa shape index (κ2) is 9.33. The summed E-state index contributed by atoms with van der Waals surface area (Å²) in [6.45, 7) is 1.42. The zero-order valence-corrected chi connectivity index (χ0v) is 17.5. The van der Waals surface area contributed by atoms with Gasteiger partial charge in [0.25, 0.3) is 0 Å². The van der Waals surface area contributed by atoms with Crippen LogP contribution in [0, 0.1) is 0 Å². The van der Waals surface area contributed by atoms with Gasteiger partial charge >= 0.3 is 0 Å². The minimum Gasteiger partial charge on any atom is -0.497 e. The first-order chi connectivity index (χ1) is 14.0. The number of aromatic nitrogens is 3. The fourth-order valence-corrected chi connectivity index (χ4v) is 3.22. The second-order valence-electron chi connectivity index (χ2n) is 6.28. The third-order valence-electron chi connectivity index (χ3n) is 4.18. The summed E-state index contributed by atoms with van der Waals surface area (Å²) in [4.78, 5) is 28.4. The molecule has 1 atom stereocenters. The maximum Gasteiger partial charge on any atom is 0.226 e. The minimum atomic E-state index is -0.472. The smallest absolute Gasteiger partial charge is 0.226 e. The number of benzene rings is 2. The number of hydrogen-bond acceptors (Lipinski definition) is 5. The summed E-state index contributed by atoms with van der Waals surface area (Å²) >= 11 is 3.42. The summed E-state index contributed by atoms with van der Waals surface area (Å²) in [5.41, 5.74) is 2.06. The predicted molar refractivity (Wildman–Crippen MR) is 112 cm³/mol. The minimum absolute atomic E-state index is 0.0647. The molecule has 0 aliphatic heterocycles. The summed E-state index contributed by atoms with van der Waals surface area (Å²) in [7, 11) is 1.58. The molecule has 2 N–H and O–H groups in total. The highest BCUT2D eigenvalue weighted by Gasteiger charge is 2.19. The van der Waals surface area contributed by atoms with Crippen molar-refractivity contribution in [3.05, 3.63) is 65.2 Å². The summed E-state index contributed by atoms with van der Waals surface area (Å²) in [6.07, 6.45) is 3.04. The van der Waals surface area contributed by atoms with Gasteiger partial charge in [0.15, 0.2) is 0 Å². The zero-order valence-electron chi connectivity index (χ0n) is 15.9. The van der Waals surface area contributed by atoms with Gasteiger partial charge in [-0.3, -0.25) is 9.59 Å². The van der Waals surface area contributed by atoms with Crippen LogP contribution >= 0.6 is 15.9 Å². The molecule has 2 aromatic carbocycles. The van der Waals surface area contributed by atoms with Gasteiger partial charge in [0, 0.05) is 11.4 Å². The molecule has 2 amide bonds. The van der Waals surface area contributed by atoms with Crippen molar-refractivity contribution in [2.24, 2.45) is 0 Å². The fraction of sp³-hybridized carbons (Fsp3) is 0.200. The molecule has 3 rings (SSSR count). The van der Waals surface area contributed by atoms with E-state index in [2.05, 4.69) is 36.6 Å². The zero-order chi connectivity index (χ0) is 20.8. The van der Waals surface area contributed by atoms with Crippen molar-refractivity contribution in [3.63, 3.8) is 0 Å². The quantitative estimate of drug-likeness (QED) is 0.567. The van der Waals surface area contributed by atoms with Crippen LogP contribution in [-0.2, 0) is 9.59 Å². The lowest BCUT2D eigenvalue weighted by Crippen LogP contribution is -2.30. The molecule has 0 fully saturated rings. The Labute approximate surface area is 176 Å². The molecular formula is C20H20BrN5O3. The number of carbonyl (C=O) groups excluding carboxylic acids is 2. The van der Waals surface area contributed by atoms with Gasteiger partial charge in [-0.15, -0.1) is 0 Å². The Morgan fingerprint density at radius 1 is 1.21 bits per heavy atom. The number of hydrogen-bond donors (Lipinski definition) is 2. The van der Waals surface area contributed by atoms with E-state index < -0.39 is 6.04 Å². The van der Waals surface area contributed by atoms with Crippen molar-refractivity contribution < 1.29 is 14.3 Å². The van der Waals surface area contributed by atoms with E-state index in [1.807, 2.05) is 24.3 Å². The van der Waals surface area contributed by atoms with Crippen LogP contribution < -0.4 is 15.4 Å². The lowest BCUT2D eigenvalue weighted by molar-refractivity contribution is -0.120. The van der Waals surface area contributed by atoms with Gasteiger partial charge in [0.05, 0.1) is 30.9 Å². The monoisotopic (exact) mass is 457 g/mol. The molecule has 1 heterocycles. The summed E-state index contributed by atoms with van der Waals surface area (Å²) < 4.78 is 7.54. The van der Waals surface area contributed by atoms with Crippen LogP contribution in [0.5, 0.6) is 5.75 Å². The number of carbonyl (C=O) groups is 2. The number of amides is 2. The SMILES string of the molecule is COc1ccc(C(CC(=O)Nc2cc(Br)ccc2-n2cncn2)NC(C)=O)cc1. The van der Waals surface area contributed by atoms with Crippen molar-refractivity contribution in [1.82, 2.24) is 20.1 Å². The summed E-state index contributed by atoms with van der Waals surface area (Å²) in [5.74, 6) is 0.231. The molecule has 29 heavy (non-hydrogen) atoms. The topological polar surface area (TPSA) is 98.1 Å². The Kier molecular flexibility index (Phi) is 6.61. The number of anilines is 1. The Morgan fingerprint density at radius 3 is 2.59 bits per heavy atom. The molecule has 0 saturated carbocycles. The number of rotatable bonds is 7. The van der Waals surface area contributed by atoms with Crippen molar-refractivity contribution in [2.45, 2.75) is 19.4 Å². The van der Waals surface area contributed by atoms with Crippen LogP contribution in [-0.4, -0.2) is 33.7 Å². The van der Waals surface area contributed by atoms with Crippen LogP contribution in [0.15, 0.2) is 59.6 Å². The first-order valence-corrected chi connectivity index (χ1v) is 9.61. The van der Waals surface area contributed by atoms with E-state index in [4.69, 9.17) is 4.74 Å².